The first kappa shape index (κ1) is 16.3. The highest BCUT2D eigenvalue weighted by Crippen LogP contribution is 2.22. The van der Waals surface area contributed by atoms with E-state index in [1.807, 2.05) is 0 Å². The van der Waals surface area contributed by atoms with Gasteiger partial charge in [-0.05, 0) is 52.0 Å². The van der Waals surface area contributed by atoms with Crippen molar-refractivity contribution >= 4 is 0 Å². The number of hydrogen-bond donors (Lipinski definition) is 1. The first-order valence-electron chi connectivity index (χ1n) is 8.01. The van der Waals surface area contributed by atoms with E-state index in [0.29, 0.717) is 0 Å². The lowest BCUT2D eigenvalue weighted by Gasteiger charge is -2.22. The van der Waals surface area contributed by atoms with Gasteiger partial charge in [0, 0.05) is 25.2 Å². The molecule has 4 heteroatoms. The molecule has 118 valence electrons. The molecule has 2 N–H and O–H groups in total. The molecule has 1 saturated heterocycles. The normalized spacial score (nSPS) is 17.7. The Morgan fingerprint density at radius 3 is 2.67 bits per heavy atom. The van der Waals surface area contributed by atoms with Crippen molar-refractivity contribution in [3.8, 4) is 5.75 Å². The summed E-state index contributed by atoms with van der Waals surface area (Å²) >= 11 is 0. The number of rotatable bonds is 6. The van der Waals surface area contributed by atoms with Crippen molar-refractivity contribution < 1.29 is 4.74 Å². The smallest absolute Gasteiger partial charge is 0.123 e. The number of ether oxygens (including phenoxy) is 1. The summed E-state index contributed by atoms with van der Waals surface area (Å²) in [4.78, 5) is 5.08. The van der Waals surface area contributed by atoms with Gasteiger partial charge in [0.1, 0.15) is 5.75 Å². The Morgan fingerprint density at radius 2 is 1.90 bits per heavy atom. The second-order valence-electron chi connectivity index (χ2n) is 5.93. The van der Waals surface area contributed by atoms with Gasteiger partial charge >= 0.3 is 0 Å². The third-order valence-electron chi connectivity index (χ3n) is 4.19. The Balaban J connectivity index is 1.93. The van der Waals surface area contributed by atoms with Gasteiger partial charge in [-0.3, -0.25) is 4.90 Å². The zero-order valence-electron chi connectivity index (χ0n) is 13.5. The van der Waals surface area contributed by atoms with E-state index >= 15 is 0 Å². The molecule has 21 heavy (non-hydrogen) atoms. The average Bonchev–Trinajstić information content (AvgIpc) is 2.71. The number of methoxy groups -OCH3 is 1. The second kappa shape index (κ2) is 8.37. The molecular formula is C17H29N3O. The first-order chi connectivity index (χ1) is 10.2. The van der Waals surface area contributed by atoms with Crippen LogP contribution in [0.1, 0.15) is 24.0 Å². The second-order valence-corrected chi connectivity index (χ2v) is 5.93. The zero-order valence-corrected chi connectivity index (χ0v) is 13.5. The van der Waals surface area contributed by atoms with Crippen LogP contribution in [-0.2, 0) is 6.54 Å². The molecule has 1 aromatic rings. The van der Waals surface area contributed by atoms with Crippen molar-refractivity contribution in [3.63, 3.8) is 0 Å². The third-order valence-corrected chi connectivity index (χ3v) is 4.19. The van der Waals surface area contributed by atoms with E-state index in [1.54, 1.807) is 7.11 Å². The van der Waals surface area contributed by atoms with Gasteiger partial charge in [0.15, 0.2) is 0 Å². The van der Waals surface area contributed by atoms with Crippen LogP contribution in [0.2, 0.25) is 0 Å². The van der Waals surface area contributed by atoms with Crippen LogP contribution in [0.15, 0.2) is 18.2 Å². The predicted octanol–water partition coefficient (Wildman–Crippen LogP) is 1.86. The molecule has 4 nitrogen and oxygen atoms in total. The van der Waals surface area contributed by atoms with Gasteiger partial charge in [-0.2, -0.15) is 0 Å². The molecule has 1 heterocycles. The van der Waals surface area contributed by atoms with Gasteiger partial charge in [0.25, 0.3) is 0 Å². The number of aryl methyl sites for hydroxylation is 1. The average molecular weight is 291 g/mol. The molecule has 1 fully saturated rings. The minimum absolute atomic E-state index is 0.792. The molecule has 0 saturated carbocycles. The fourth-order valence-corrected chi connectivity index (χ4v) is 2.99. The molecule has 0 bridgehead atoms. The van der Waals surface area contributed by atoms with Crippen molar-refractivity contribution in [3.05, 3.63) is 29.3 Å². The number of hydrogen-bond acceptors (Lipinski definition) is 4. The Labute approximate surface area is 128 Å². The van der Waals surface area contributed by atoms with E-state index in [-0.39, 0.29) is 0 Å². The minimum atomic E-state index is 0.792. The summed E-state index contributed by atoms with van der Waals surface area (Å²) in [6.07, 6.45) is 2.34. The van der Waals surface area contributed by atoms with Gasteiger partial charge in [0.2, 0.25) is 0 Å². The van der Waals surface area contributed by atoms with Gasteiger partial charge in [-0.1, -0.05) is 17.7 Å². The number of nitrogens with two attached hydrogens (primary N) is 1. The molecular weight excluding hydrogens is 262 g/mol. The Morgan fingerprint density at radius 1 is 1.14 bits per heavy atom. The van der Waals surface area contributed by atoms with Crippen molar-refractivity contribution in [2.24, 2.45) is 5.73 Å². The third kappa shape index (κ3) is 4.99. The van der Waals surface area contributed by atoms with Crippen LogP contribution in [0.4, 0.5) is 0 Å². The largest absolute Gasteiger partial charge is 0.496 e. The van der Waals surface area contributed by atoms with Gasteiger partial charge < -0.3 is 15.4 Å². The quantitative estimate of drug-likeness (QED) is 0.869. The predicted molar refractivity (Wildman–Crippen MR) is 87.7 cm³/mol. The number of benzene rings is 1. The molecule has 1 aliphatic heterocycles. The fraction of sp³-hybridized carbons (Fsp3) is 0.647. The van der Waals surface area contributed by atoms with Crippen LogP contribution in [0.25, 0.3) is 0 Å². The van der Waals surface area contributed by atoms with E-state index in [2.05, 4.69) is 34.9 Å². The Kier molecular flexibility index (Phi) is 6.49. The summed E-state index contributed by atoms with van der Waals surface area (Å²) < 4.78 is 5.50. The number of nitrogens with zero attached hydrogens (tertiary/aromatic N) is 2. The topological polar surface area (TPSA) is 41.7 Å². The molecule has 1 aliphatic rings. The molecule has 0 amide bonds. The van der Waals surface area contributed by atoms with Crippen molar-refractivity contribution in [1.29, 1.82) is 0 Å². The maximum absolute atomic E-state index is 5.61. The molecule has 2 rings (SSSR count). The molecule has 0 atom stereocenters. The minimum Gasteiger partial charge on any atom is -0.496 e. The molecule has 0 aliphatic carbocycles. The van der Waals surface area contributed by atoms with Crippen molar-refractivity contribution in [2.45, 2.75) is 26.3 Å². The van der Waals surface area contributed by atoms with Gasteiger partial charge in [-0.15, -0.1) is 0 Å². The zero-order chi connectivity index (χ0) is 15.1. The van der Waals surface area contributed by atoms with Crippen LogP contribution in [0, 0.1) is 6.92 Å². The standard InChI is InChI=1S/C17H29N3O/c1-15-5-6-17(21-2)16(13-15)14-20-10-4-9-19(11-12-20)8-3-7-18/h5-6,13H,3-4,7-12,14,18H2,1-2H3. The van der Waals surface area contributed by atoms with Gasteiger partial charge in [-0.25, -0.2) is 0 Å². The highest BCUT2D eigenvalue weighted by Gasteiger charge is 2.16. The lowest BCUT2D eigenvalue weighted by atomic mass is 10.1. The molecule has 0 spiro atoms. The maximum Gasteiger partial charge on any atom is 0.123 e. The molecule has 0 unspecified atom stereocenters. The molecule has 1 aromatic carbocycles. The van der Waals surface area contributed by atoms with Crippen LogP contribution in [0.5, 0.6) is 5.75 Å². The summed E-state index contributed by atoms with van der Waals surface area (Å²) in [5.74, 6) is 1.00. The van der Waals surface area contributed by atoms with Crippen molar-refractivity contribution in [1.82, 2.24) is 9.80 Å². The van der Waals surface area contributed by atoms with E-state index < -0.39 is 0 Å². The van der Waals surface area contributed by atoms with Crippen LogP contribution in [-0.4, -0.2) is 56.2 Å². The Hall–Kier alpha value is -1.10. The molecule has 0 aromatic heterocycles. The van der Waals surface area contributed by atoms with E-state index in [4.69, 9.17) is 10.5 Å². The Bertz CT molecular complexity index is 436. The summed E-state index contributed by atoms with van der Waals surface area (Å²) in [6.45, 7) is 9.68. The SMILES string of the molecule is COc1ccc(C)cc1CN1CCCN(CCCN)CC1. The first-order valence-corrected chi connectivity index (χ1v) is 8.01. The van der Waals surface area contributed by atoms with E-state index in [1.165, 1.54) is 24.1 Å². The highest BCUT2D eigenvalue weighted by molar-refractivity contribution is 5.36. The summed E-state index contributed by atoms with van der Waals surface area (Å²) in [5.41, 5.74) is 8.20. The van der Waals surface area contributed by atoms with Crippen LogP contribution < -0.4 is 10.5 Å². The highest BCUT2D eigenvalue weighted by atomic mass is 16.5. The summed E-state index contributed by atoms with van der Waals surface area (Å²) in [6, 6.07) is 6.44. The van der Waals surface area contributed by atoms with Crippen LogP contribution in [0.3, 0.4) is 0 Å². The molecule has 0 radical (unpaired) electrons. The van der Waals surface area contributed by atoms with E-state index in [0.717, 1.165) is 51.4 Å². The summed E-state index contributed by atoms with van der Waals surface area (Å²) in [7, 11) is 1.76. The van der Waals surface area contributed by atoms with Crippen molar-refractivity contribution in [2.75, 3.05) is 46.4 Å². The maximum atomic E-state index is 5.61. The van der Waals surface area contributed by atoms with Crippen LogP contribution >= 0.6 is 0 Å². The fourth-order valence-electron chi connectivity index (χ4n) is 2.99. The lowest BCUT2D eigenvalue weighted by molar-refractivity contribution is 0.248. The lowest BCUT2D eigenvalue weighted by Crippen LogP contribution is -2.32. The monoisotopic (exact) mass is 291 g/mol. The van der Waals surface area contributed by atoms with E-state index in [9.17, 15) is 0 Å². The van der Waals surface area contributed by atoms with Gasteiger partial charge in [0.05, 0.1) is 7.11 Å². The summed E-state index contributed by atoms with van der Waals surface area (Å²) in [5, 5.41) is 0.